The van der Waals surface area contributed by atoms with Crippen molar-refractivity contribution < 1.29 is 56.5 Å². The van der Waals surface area contributed by atoms with Gasteiger partial charge in [-0.2, -0.15) is 0 Å². The normalized spacial score (nSPS) is 9.00. The molecule has 0 saturated carbocycles. The van der Waals surface area contributed by atoms with E-state index in [1.165, 1.54) is 11.2 Å². The van der Waals surface area contributed by atoms with Crippen LogP contribution in [0.4, 0.5) is 0 Å². The first-order chi connectivity index (χ1) is 7.70. The molecule has 100 valence electrons. The van der Waals surface area contributed by atoms with E-state index in [-0.39, 0.29) is 63.7 Å². The summed E-state index contributed by atoms with van der Waals surface area (Å²) in [5.74, 6) is 5.53. The molecule has 5 heteroatoms. The van der Waals surface area contributed by atoms with E-state index in [0.29, 0.717) is 0 Å². The Labute approximate surface area is 150 Å². The molecular weight excluding hydrogens is 241 g/mol. The molecule has 0 unspecified atom stereocenters. The van der Waals surface area contributed by atoms with Crippen molar-refractivity contribution in [2.24, 2.45) is 11.6 Å². The topological polar surface area (TPSA) is 78.3 Å². The van der Waals surface area contributed by atoms with Crippen LogP contribution in [0.2, 0.25) is 0 Å². The van der Waals surface area contributed by atoms with Gasteiger partial charge in [-0.15, -0.1) is 0 Å². The molecule has 4 N–H and O–H groups in total. The summed E-state index contributed by atoms with van der Waals surface area (Å²) in [6.07, 6.45) is 4.85. The zero-order chi connectivity index (χ0) is 13.4. The van der Waals surface area contributed by atoms with Gasteiger partial charge in [-0.1, -0.05) is 54.1 Å². The van der Waals surface area contributed by atoms with Crippen LogP contribution in [0.1, 0.15) is 53.9 Å². The zero-order valence-corrected chi connectivity index (χ0v) is 15.7. The minimum absolute atomic E-state index is 0. The molecule has 0 amide bonds. The molecule has 0 spiro atoms. The third kappa shape index (κ3) is 26.5. The van der Waals surface area contributed by atoms with Crippen molar-refractivity contribution in [3.63, 3.8) is 0 Å². The van der Waals surface area contributed by atoms with E-state index >= 15 is 0 Å². The van der Waals surface area contributed by atoms with E-state index in [0.717, 1.165) is 25.8 Å². The third-order valence-electron chi connectivity index (χ3n) is 1.52. The second-order valence-electron chi connectivity index (χ2n) is 2.79. The van der Waals surface area contributed by atoms with E-state index in [2.05, 4.69) is 6.92 Å². The fraction of sp³-hybridized carbons (Fsp3) is 0.833. The molecule has 0 aromatic heterocycles. The van der Waals surface area contributed by atoms with Gasteiger partial charge in [0, 0.05) is 18.4 Å². The van der Waals surface area contributed by atoms with Gasteiger partial charge in [-0.3, -0.25) is 0 Å². The summed E-state index contributed by atoms with van der Waals surface area (Å²) in [6, 6.07) is 0. The average molecular weight is 271 g/mol. The first-order valence-electron chi connectivity index (χ1n) is 6.26. The molecule has 0 bridgehead atoms. The predicted octanol–water partition coefficient (Wildman–Crippen LogP) is -1.43. The van der Waals surface area contributed by atoms with Gasteiger partial charge in [-0.05, 0) is 6.42 Å². The summed E-state index contributed by atoms with van der Waals surface area (Å²) in [5.41, 5.74) is 5.59. The van der Waals surface area contributed by atoms with Crippen molar-refractivity contribution in [1.82, 2.24) is 5.01 Å². The largest absolute Gasteiger partial charge is 1.00 e. The predicted molar refractivity (Wildman–Crippen MR) is 70.3 cm³/mol. The second-order valence-corrected chi connectivity index (χ2v) is 2.79. The first kappa shape index (κ1) is 26.5. The van der Waals surface area contributed by atoms with Crippen LogP contribution >= 0.6 is 0 Å². The van der Waals surface area contributed by atoms with E-state index < -0.39 is 0 Å². The molecule has 0 aromatic carbocycles. The number of hydrogen-bond donors (Lipinski definition) is 2. The summed E-state index contributed by atoms with van der Waals surface area (Å²) >= 11 is 0. The van der Waals surface area contributed by atoms with Crippen molar-refractivity contribution >= 4 is 0 Å². The van der Waals surface area contributed by atoms with Gasteiger partial charge in [0.1, 0.15) is 0 Å². The number of hydrazine groups is 1. The Morgan fingerprint density at radius 1 is 1.18 bits per heavy atom. The number of nitrogens with zero attached hydrogens (tertiary/aromatic N) is 1. The standard InChI is InChI=1S/C8H18N3O.2C2H6.K/c1-2-3-4-5-11(10)6-8(9)7-12;2*1-2;/h6H,2-5,7,9-10H2,1H3;2*1-2H3;/q-1;;;+1/b8-6-;;;. The molecular formula is C12H30KN3O. The fourth-order valence-corrected chi connectivity index (χ4v) is 0.859. The Morgan fingerprint density at radius 3 is 2.00 bits per heavy atom. The van der Waals surface area contributed by atoms with Crippen LogP contribution < -0.4 is 68.1 Å². The van der Waals surface area contributed by atoms with Crippen LogP contribution in [0.3, 0.4) is 0 Å². The van der Waals surface area contributed by atoms with Crippen molar-refractivity contribution in [3.8, 4) is 0 Å². The van der Waals surface area contributed by atoms with Crippen molar-refractivity contribution in [3.05, 3.63) is 11.9 Å². The Morgan fingerprint density at radius 2 is 1.65 bits per heavy atom. The Hall–Kier alpha value is 0.896. The molecule has 4 nitrogen and oxygen atoms in total. The Balaban J connectivity index is -0.000000152. The van der Waals surface area contributed by atoms with Gasteiger partial charge in [0.25, 0.3) is 0 Å². The quantitative estimate of drug-likeness (QED) is 0.269. The van der Waals surface area contributed by atoms with Crippen LogP contribution in [0.25, 0.3) is 0 Å². The molecule has 0 aliphatic heterocycles. The minimum Gasteiger partial charge on any atom is -0.850 e. The van der Waals surface area contributed by atoms with Gasteiger partial charge in [0.05, 0.1) is 0 Å². The number of unbranched alkanes of at least 4 members (excludes halogenated alkanes) is 2. The molecule has 17 heavy (non-hydrogen) atoms. The minimum atomic E-state index is -0.387. The van der Waals surface area contributed by atoms with E-state index in [1.54, 1.807) is 0 Å². The zero-order valence-electron chi connectivity index (χ0n) is 12.6. The van der Waals surface area contributed by atoms with Crippen molar-refractivity contribution in [2.75, 3.05) is 13.2 Å². The monoisotopic (exact) mass is 271 g/mol. The van der Waals surface area contributed by atoms with E-state index in [1.807, 2.05) is 27.7 Å². The van der Waals surface area contributed by atoms with Gasteiger partial charge in [-0.25, -0.2) is 5.84 Å². The average Bonchev–Trinajstić information content (AvgIpc) is 2.34. The van der Waals surface area contributed by atoms with Crippen LogP contribution in [0.5, 0.6) is 0 Å². The van der Waals surface area contributed by atoms with Gasteiger partial charge in [0.2, 0.25) is 0 Å². The van der Waals surface area contributed by atoms with Gasteiger partial charge in [0.15, 0.2) is 0 Å². The Bertz CT molecular complexity index is 144. The first-order valence-corrected chi connectivity index (χ1v) is 6.26. The van der Waals surface area contributed by atoms with Crippen LogP contribution in [-0.4, -0.2) is 18.2 Å². The molecule has 0 radical (unpaired) electrons. The Kier molecular flexibility index (Phi) is 40.0. The van der Waals surface area contributed by atoms with Crippen molar-refractivity contribution in [1.29, 1.82) is 0 Å². The smallest absolute Gasteiger partial charge is 0.850 e. The summed E-state index contributed by atoms with van der Waals surface area (Å²) in [6.45, 7) is 10.5. The fourth-order valence-electron chi connectivity index (χ4n) is 0.859. The SMILES string of the molecule is CC.CC.CCCCCN(N)/C=C(\N)C[O-].[K+]. The van der Waals surface area contributed by atoms with Gasteiger partial charge >= 0.3 is 51.4 Å². The maximum Gasteiger partial charge on any atom is 1.00 e. The summed E-state index contributed by atoms with van der Waals surface area (Å²) in [5, 5.41) is 11.7. The molecule has 0 heterocycles. The van der Waals surface area contributed by atoms with E-state index in [4.69, 9.17) is 11.6 Å². The van der Waals surface area contributed by atoms with Crippen molar-refractivity contribution in [2.45, 2.75) is 53.9 Å². The maximum atomic E-state index is 10.2. The van der Waals surface area contributed by atoms with Crippen LogP contribution in [-0.2, 0) is 0 Å². The molecule has 0 aliphatic carbocycles. The summed E-state index contributed by atoms with van der Waals surface area (Å²) < 4.78 is 0. The van der Waals surface area contributed by atoms with Crippen LogP contribution in [0.15, 0.2) is 11.9 Å². The molecule has 0 atom stereocenters. The molecule has 0 aliphatic rings. The van der Waals surface area contributed by atoms with Crippen LogP contribution in [0, 0.1) is 0 Å². The second kappa shape index (κ2) is 25.7. The maximum absolute atomic E-state index is 10.2. The molecule has 0 saturated heterocycles. The molecule has 0 rings (SSSR count). The summed E-state index contributed by atoms with van der Waals surface area (Å²) in [4.78, 5) is 0. The number of nitrogens with two attached hydrogens (primary N) is 2. The summed E-state index contributed by atoms with van der Waals surface area (Å²) in [7, 11) is 0. The van der Waals surface area contributed by atoms with E-state index in [9.17, 15) is 5.11 Å². The number of hydrogen-bond acceptors (Lipinski definition) is 4. The third-order valence-corrected chi connectivity index (χ3v) is 1.52. The molecule has 0 fully saturated rings. The molecule has 0 aromatic rings. The van der Waals surface area contributed by atoms with Gasteiger partial charge < -0.3 is 15.8 Å². The number of rotatable bonds is 6.